The number of rotatable bonds is 3. The highest BCUT2D eigenvalue weighted by Gasteiger charge is 2.31. The Morgan fingerprint density at radius 1 is 1.27 bits per heavy atom. The lowest BCUT2D eigenvalue weighted by Crippen LogP contribution is -2.35. The van der Waals surface area contributed by atoms with E-state index in [1.54, 1.807) is 0 Å². The summed E-state index contributed by atoms with van der Waals surface area (Å²) in [6.07, 6.45) is 0. The third-order valence-corrected chi connectivity index (χ3v) is 1.26. The largest absolute Gasteiger partial charge is 0.314 e. The van der Waals surface area contributed by atoms with Crippen molar-refractivity contribution in [2.45, 2.75) is 33.6 Å². The zero-order valence-corrected chi connectivity index (χ0v) is 8.04. The second kappa shape index (κ2) is 6.53. The minimum absolute atomic E-state index is 0.231. The molecule has 0 aliphatic heterocycles. The Kier molecular flexibility index (Phi) is 7.96. The van der Waals surface area contributed by atoms with E-state index < -0.39 is 11.8 Å². The van der Waals surface area contributed by atoms with Gasteiger partial charge in [-0.2, -0.15) is 0 Å². The number of nitrogens with one attached hydrogen (secondary N) is 1. The first-order valence-corrected chi connectivity index (χ1v) is 4.03. The molecule has 0 aromatic carbocycles. The second-order valence-corrected chi connectivity index (χ2v) is 2.45. The molecule has 0 aliphatic carbocycles. The van der Waals surface area contributed by atoms with Gasteiger partial charge in [-0.3, -0.25) is 0 Å². The van der Waals surface area contributed by atoms with Crippen LogP contribution >= 0.6 is 0 Å². The lowest BCUT2D eigenvalue weighted by atomic mass is 10.1. The van der Waals surface area contributed by atoms with Crippen LogP contribution in [0.2, 0.25) is 0 Å². The van der Waals surface area contributed by atoms with Crippen molar-refractivity contribution in [1.29, 1.82) is 0 Å². The van der Waals surface area contributed by atoms with Gasteiger partial charge in [-0.25, -0.2) is 8.78 Å². The molecule has 0 aliphatic rings. The molecule has 0 rings (SSSR count). The number of halogens is 2. The quantitative estimate of drug-likeness (QED) is 0.681. The van der Waals surface area contributed by atoms with Crippen LogP contribution in [0.1, 0.15) is 27.7 Å². The van der Waals surface area contributed by atoms with Gasteiger partial charge in [0.25, 0.3) is 5.92 Å². The third-order valence-electron chi connectivity index (χ3n) is 1.26. The van der Waals surface area contributed by atoms with Gasteiger partial charge < -0.3 is 5.32 Å². The summed E-state index contributed by atoms with van der Waals surface area (Å²) in [4.78, 5) is 0. The molecule has 70 valence electrons. The molecule has 0 radical (unpaired) electrons. The minimum atomic E-state index is -2.56. The average molecular weight is 167 g/mol. The number of hydrogen-bond donors (Lipinski definition) is 1. The van der Waals surface area contributed by atoms with E-state index in [1.807, 2.05) is 13.8 Å². The molecule has 3 heteroatoms. The van der Waals surface area contributed by atoms with Gasteiger partial charge in [0, 0.05) is 5.92 Å². The normalized spacial score (nSPS) is 10.9. The Morgan fingerprint density at radius 3 is 1.73 bits per heavy atom. The molecule has 1 nitrogen and oxygen atoms in total. The molecular weight excluding hydrogens is 148 g/mol. The van der Waals surface area contributed by atoms with Crippen molar-refractivity contribution in [3.8, 4) is 0 Å². The smallest absolute Gasteiger partial charge is 0.262 e. The highest BCUT2D eigenvalue weighted by molar-refractivity contribution is 4.71. The first kappa shape index (κ1) is 13.4. The van der Waals surface area contributed by atoms with Gasteiger partial charge in [0.2, 0.25) is 0 Å². The van der Waals surface area contributed by atoms with E-state index in [4.69, 9.17) is 0 Å². The highest BCUT2D eigenvalue weighted by Crippen LogP contribution is 2.22. The molecule has 0 bridgehead atoms. The lowest BCUT2D eigenvalue weighted by Gasteiger charge is -2.19. The van der Waals surface area contributed by atoms with Crippen LogP contribution in [-0.2, 0) is 0 Å². The summed E-state index contributed by atoms with van der Waals surface area (Å²) in [6.45, 7) is 6.79. The highest BCUT2D eigenvalue weighted by atomic mass is 19.3. The van der Waals surface area contributed by atoms with Crippen molar-refractivity contribution in [2.75, 3.05) is 13.6 Å². The maximum atomic E-state index is 12.5. The van der Waals surface area contributed by atoms with Crippen molar-refractivity contribution in [3.05, 3.63) is 0 Å². The van der Waals surface area contributed by atoms with Gasteiger partial charge in [0.15, 0.2) is 0 Å². The minimum Gasteiger partial charge on any atom is -0.314 e. The Hall–Kier alpha value is -0.180. The van der Waals surface area contributed by atoms with E-state index in [9.17, 15) is 8.78 Å². The monoisotopic (exact) mass is 167 g/mol. The van der Waals surface area contributed by atoms with Crippen LogP contribution in [-0.4, -0.2) is 19.5 Å². The maximum absolute atomic E-state index is 12.5. The molecule has 0 saturated carbocycles. The standard InChI is InChI=1S/C6H13F2N.C2H6/c1-5(2)6(7,8)4-9-3;1-2/h5,9H,4H2,1-3H3;1-2H3. The molecule has 0 amide bonds. The van der Waals surface area contributed by atoms with Crippen LogP contribution in [0.5, 0.6) is 0 Å². The molecule has 0 spiro atoms. The van der Waals surface area contributed by atoms with E-state index in [0.717, 1.165) is 0 Å². The predicted octanol–water partition coefficient (Wildman–Crippen LogP) is 2.52. The van der Waals surface area contributed by atoms with Crippen LogP contribution in [0, 0.1) is 5.92 Å². The van der Waals surface area contributed by atoms with Crippen molar-refractivity contribution >= 4 is 0 Å². The number of alkyl halides is 2. The SMILES string of the molecule is CC.CNCC(F)(F)C(C)C. The summed E-state index contributed by atoms with van der Waals surface area (Å²) in [5.74, 6) is -3.14. The molecule has 0 fully saturated rings. The summed E-state index contributed by atoms with van der Waals surface area (Å²) in [5.41, 5.74) is 0. The summed E-state index contributed by atoms with van der Waals surface area (Å²) in [5, 5.41) is 2.44. The fourth-order valence-electron chi connectivity index (χ4n) is 0.440. The summed E-state index contributed by atoms with van der Waals surface area (Å²) in [6, 6.07) is 0. The van der Waals surface area contributed by atoms with Crippen molar-refractivity contribution in [2.24, 2.45) is 5.92 Å². The molecule has 0 atom stereocenters. The van der Waals surface area contributed by atoms with Crippen LogP contribution < -0.4 is 5.32 Å². The summed E-state index contributed by atoms with van der Waals surface area (Å²) < 4.78 is 25.0. The Bertz CT molecular complexity index is 82.2. The summed E-state index contributed by atoms with van der Waals surface area (Å²) >= 11 is 0. The van der Waals surface area contributed by atoms with Gasteiger partial charge >= 0.3 is 0 Å². The van der Waals surface area contributed by atoms with Gasteiger partial charge in [0.1, 0.15) is 0 Å². The molecule has 11 heavy (non-hydrogen) atoms. The fourth-order valence-corrected chi connectivity index (χ4v) is 0.440. The Labute approximate surface area is 68.2 Å². The molecule has 0 saturated heterocycles. The van der Waals surface area contributed by atoms with E-state index in [1.165, 1.54) is 20.9 Å². The fraction of sp³-hybridized carbons (Fsp3) is 1.00. The third kappa shape index (κ3) is 6.23. The first-order chi connectivity index (χ1) is 5.00. The molecule has 0 unspecified atom stereocenters. The van der Waals surface area contributed by atoms with Crippen LogP contribution in [0.3, 0.4) is 0 Å². The summed E-state index contributed by atoms with van der Waals surface area (Å²) in [7, 11) is 1.52. The van der Waals surface area contributed by atoms with E-state index in [-0.39, 0.29) is 6.54 Å². The molecule has 1 N–H and O–H groups in total. The van der Waals surface area contributed by atoms with Gasteiger partial charge in [-0.15, -0.1) is 0 Å². The van der Waals surface area contributed by atoms with Gasteiger partial charge in [-0.1, -0.05) is 27.7 Å². The van der Waals surface area contributed by atoms with Crippen LogP contribution in [0.25, 0.3) is 0 Å². The first-order valence-electron chi connectivity index (χ1n) is 4.03. The topological polar surface area (TPSA) is 12.0 Å². The van der Waals surface area contributed by atoms with Crippen molar-refractivity contribution in [3.63, 3.8) is 0 Å². The van der Waals surface area contributed by atoms with E-state index in [2.05, 4.69) is 5.32 Å². The molecule has 0 aromatic rings. The van der Waals surface area contributed by atoms with Gasteiger partial charge in [-0.05, 0) is 7.05 Å². The van der Waals surface area contributed by atoms with E-state index in [0.29, 0.717) is 0 Å². The van der Waals surface area contributed by atoms with Crippen molar-refractivity contribution in [1.82, 2.24) is 5.32 Å². The average Bonchev–Trinajstić information content (AvgIpc) is 1.92. The zero-order valence-electron chi connectivity index (χ0n) is 8.04. The van der Waals surface area contributed by atoms with E-state index >= 15 is 0 Å². The maximum Gasteiger partial charge on any atom is 0.262 e. The van der Waals surface area contributed by atoms with Gasteiger partial charge in [0.05, 0.1) is 6.54 Å². The van der Waals surface area contributed by atoms with Crippen LogP contribution in [0.15, 0.2) is 0 Å². The van der Waals surface area contributed by atoms with Crippen LogP contribution in [0.4, 0.5) is 8.78 Å². The molecular formula is C8H19F2N. The predicted molar refractivity (Wildman–Crippen MR) is 45.1 cm³/mol. The zero-order chi connectivity index (χ0) is 9.49. The second-order valence-electron chi connectivity index (χ2n) is 2.45. The Balaban J connectivity index is 0. The molecule has 0 heterocycles. The van der Waals surface area contributed by atoms with Crippen molar-refractivity contribution < 1.29 is 8.78 Å². The molecule has 0 aromatic heterocycles. The lowest BCUT2D eigenvalue weighted by molar-refractivity contribution is -0.0410. The number of hydrogen-bond acceptors (Lipinski definition) is 1. The Morgan fingerprint density at radius 2 is 1.64 bits per heavy atom.